The quantitative estimate of drug-likeness (QED) is 0.757. The van der Waals surface area contributed by atoms with Gasteiger partial charge in [0.1, 0.15) is 0 Å². The Morgan fingerprint density at radius 3 is 2.33 bits per heavy atom. The maximum absolute atomic E-state index is 5.97. The van der Waals surface area contributed by atoms with Gasteiger partial charge in [-0.3, -0.25) is 0 Å². The van der Waals surface area contributed by atoms with Gasteiger partial charge in [-0.2, -0.15) is 0 Å². The molecule has 90 valence electrons. The van der Waals surface area contributed by atoms with Gasteiger partial charge in [-0.1, -0.05) is 13.8 Å². The van der Waals surface area contributed by atoms with E-state index in [1.807, 2.05) is 0 Å². The molecule has 0 aliphatic carbocycles. The van der Waals surface area contributed by atoms with E-state index in [4.69, 9.17) is 4.74 Å². The Labute approximate surface area is 94.8 Å². The highest BCUT2D eigenvalue weighted by Gasteiger charge is 2.32. The van der Waals surface area contributed by atoms with E-state index in [0.717, 1.165) is 6.54 Å². The lowest BCUT2D eigenvalue weighted by molar-refractivity contribution is -0.0170. The molecule has 0 radical (unpaired) electrons. The van der Waals surface area contributed by atoms with Crippen LogP contribution in [-0.4, -0.2) is 23.8 Å². The zero-order chi connectivity index (χ0) is 11.5. The molecule has 1 atom stereocenters. The van der Waals surface area contributed by atoms with Gasteiger partial charge >= 0.3 is 0 Å². The second kappa shape index (κ2) is 4.84. The van der Waals surface area contributed by atoms with Crippen LogP contribution in [0.4, 0.5) is 0 Å². The van der Waals surface area contributed by atoms with Gasteiger partial charge in [0, 0.05) is 12.1 Å². The fourth-order valence-corrected chi connectivity index (χ4v) is 2.08. The summed E-state index contributed by atoms with van der Waals surface area (Å²) in [4.78, 5) is 0. The van der Waals surface area contributed by atoms with E-state index in [0.29, 0.717) is 6.10 Å². The smallest absolute Gasteiger partial charge is 0.0708 e. The molecule has 0 aromatic heterocycles. The number of ether oxygens (including phenoxy) is 1. The van der Waals surface area contributed by atoms with Crippen molar-refractivity contribution in [3.05, 3.63) is 0 Å². The number of rotatable bonds is 5. The lowest BCUT2D eigenvalue weighted by Gasteiger charge is -2.30. The third-order valence-corrected chi connectivity index (χ3v) is 3.87. The Bertz CT molecular complexity index is 197. The van der Waals surface area contributed by atoms with Gasteiger partial charge in [-0.05, 0) is 46.5 Å². The Balaban J connectivity index is 2.32. The van der Waals surface area contributed by atoms with Crippen molar-refractivity contribution < 1.29 is 4.74 Å². The van der Waals surface area contributed by atoms with Crippen molar-refractivity contribution in [2.45, 2.75) is 77.5 Å². The van der Waals surface area contributed by atoms with Crippen LogP contribution in [0.3, 0.4) is 0 Å². The van der Waals surface area contributed by atoms with Crippen molar-refractivity contribution >= 4 is 0 Å². The molecule has 1 unspecified atom stereocenters. The molecule has 0 aromatic carbocycles. The van der Waals surface area contributed by atoms with Gasteiger partial charge in [0.05, 0.1) is 11.7 Å². The van der Waals surface area contributed by atoms with Crippen LogP contribution in [-0.2, 0) is 4.74 Å². The molecule has 1 aliphatic rings. The summed E-state index contributed by atoms with van der Waals surface area (Å²) in [7, 11) is 0. The largest absolute Gasteiger partial charge is 0.371 e. The normalized spacial score (nSPS) is 25.8. The fourth-order valence-electron chi connectivity index (χ4n) is 2.08. The molecule has 0 amide bonds. The van der Waals surface area contributed by atoms with Crippen LogP contribution in [0.5, 0.6) is 0 Å². The molecule has 15 heavy (non-hydrogen) atoms. The summed E-state index contributed by atoms with van der Waals surface area (Å²) in [6.45, 7) is 12.2. The number of hydrogen-bond donors (Lipinski definition) is 1. The standard InChI is InChI=1S/C13H27NO/c1-6-13(5,7-2)14-10-11-8-9-12(3,4)15-11/h11,14H,6-10H2,1-5H3. The minimum absolute atomic E-state index is 0.0984. The third-order valence-electron chi connectivity index (χ3n) is 3.87. The first kappa shape index (κ1) is 13.0. The van der Waals surface area contributed by atoms with E-state index in [1.54, 1.807) is 0 Å². The maximum Gasteiger partial charge on any atom is 0.0708 e. The predicted octanol–water partition coefficient (Wildman–Crippen LogP) is 3.11. The van der Waals surface area contributed by atoms with Crippen LogP contribution < -0.4 is 5.32 Å². The minimum atomic E-state index is 0.0984. The molecule has 0 bridgehead atoms. The van der Waals surface area contributed by atoms with Crippen molar-refractivity contribution in [3.63, 3.8) is 0 Å². The minimum Gasteiger partial charge on any atom is -0.371 e. The van der Waals surface area contributed by atoms with Gasteiger partial charge in [0.2, 0.25) is 0 Å². The average molecular weight is 213 g/mol. The molecule has 0 saturated carbocycles. The van der Waals surface area contributed by atoms with Crippen LogP contribution >= 0.6 is 0 Å². The summed E-state index contributed by atoms with van der Waals surface area (Å²) >= 11 is 0. The highest BCUT2D eigenvalue weighted by Crippen LogP contribution is 2.29. The second-order valence-corrected chi connectivity index (χ2v) is 5.69. The third kappa shape index (κ3) is 3.76. The summed E-state index contributed by atoms with van der Waals surface area (Å²) in [5.74, 6) is 0. The highest BCUT2D eigenvalue weighted by atomic mass is 16.5. The molecule has 2 nitrogen and oxygen atoms in total. The summed E-state index contributed by atoms with van der Waals surface area (Å²) in [6, 6.07) is 0. The Kier molecular flexibility index (Phi) is 4.19. The van der Waals surface area contributed by atoms with Crippen molar-refractivity contribution in [3.8, 4) is 0 Å². The van der Waals surface area contributed by atoms with E-state index in [2.05, 4.69) is 39.9 Å². The molecular weight excluding hydrogens is 186 g/mol. The molecule has 1 aliphatic heterocycles. The lowest BCUT2D eigenvalue weighted by atomic mass is 9.95. The van der Waals surface area contributed by atoms with Crippen LogP contribution in [0, 0.1) is 0 Å². The van der Waals surface area contributed by atoms with E-state index >= 15 is 0 Å². The van der Waals surface area contributed by atoms with E-state index in [-0.39, 0.29) is 11.1 Å². The van der Waals surface area contributed by atoms with E-state index in [9.17, 15) is 0 Å². The maximum atomic E-state index is 5.97. The fraction of sp³-hybridized carbons (Fsp3) is 1.00. The molecule has 1 fully saturated rings. The van der Waals surface area contributed by atoms with Crippen LogP contribution in [0.2, 0.25) is 0 Å². The highest BCUT2D eigenvalue weighted by molar-refractivity contribution is 4.86. The van der Waals surface area contributed by atoms with Gasteiger partial charge in [0.15, 0.2) is 0 Å². The van der Waals surface area contributed by atoms with Crippen molar-refractivity contribution in [1.29, 1.82) is 0 Å². The molecule has 0 aromatic rings. The monoisotopic (exact) mass is 213 g/mol. The summed E-state index contributed by atoms with van der Waals surface area (Å²) < 4.78 is 5.97. The van der Waals surface area contributed by atoms with Crippen LogP contribution in [0.1, 0.15) is 60.3 Å². The number of nitrogens with one attached hydrogen (secondary N) is 1. The van der Waals surface area contributed by atoms with E-state index < -0.39 is 0 Å². The zero-order valence-corrected chi connectivity index (χ0v) is 11.0. The van der Waals surface area contributed by atoms with E-state index in [1.165, 1.54) is 25.7 Å². The zero-order valence-electron chi connectivity index (χ0n) is 11.0. The predicted molar refractivity (Wildman–Crippen MR) is 65.2 cm³/mol. The second-order valence-electron chi connectivity index (χ2n) is 5.69. The topological polar surface area (TPSA) is 21.3 Å². The molecule has 1 heterocycles. The SMILES string of the molecule is CCC(C)(CC)NCC1CCC(C)(C)O1. The first-order chi connectivity index (χ1) is 6.91. The number of hydrogen-bond acceptors (Lipinski definition) is 2. The molecule has 2 heteroatoms. The van der Waals surface area contributed by atoms with Gasteiger partial charge in [-0.25, -0.2) is 0 Å². The average Bonchev–Trinajstić information content (AvgIpc) is 2.55. The first-order valence-electron chi connectivity index (χ1n) is 6.33. The molecule has 1 rings (SSSR count). The van der Waals surface area contributed by atoms with Gasteiger partial charge in [0.25, 0.3) is 0 Å². The Hall–Kier alpha value is -0.0800. The van der Waals surface area contributed by atoms with Crippen LogP contribution in [0.25, 0.3) is 0 Å². The molecule has 1 N–H and O–H groups in total. The van der Waals surface area contributed by atoms with Crippen molar-refractivity contribution in [1.82, 2.24) is 5.32 Å². The van der Waals surface area contributed by atoms with Gasteiger partial charge in [-0.15, -0.1) is 0 Å². The molecule has 1 saturated heterocycles. The first-order valence-corrected chi connectivity index (χ1v) is 6.33. The summed E-state index contributed by atoms with van der Waals surface area (Å²) in [6.07, 6.45) is 5.16. The van der Waals surface area contributed by atoms with Crippen molar-refractivity contribution in [2.75, 3.05) is 6.54 Å². The van der Waals surface area contributed by atoms with Crippen molar-refractivity contribution in [2.24, 2.45) is 0 Å². The molecule has 0 spiro atoms. The van der Waals surface area contributed by atoms with Crippen LogP contribution in [0.15, 0.2) is 0 Å². The van der Waals surface area contributed by atoms with Gasteiger partial charge < -0.3 is 10.1 Å². The Morgan fingerprint density at radius 2 is 1.93 bits per heavy atom. The summed E-state index contributed by atoms with van der Waals surface area (Å²) in [5.41, 5.74) is 0.386. The lowest BCUT2D eigenvalue weighted by Crippen LogP contribution is -2.45. The molecular formula is C13H27NO. The summed E-state index contributed by atoms with van der Waals surface area (Å²) in [5, 5.41) is 3.65. The Morgan fingerprint density at radius 1 is 1.33 bits per heavy atom.